The van der Waals surface area contributed by atoms with Crippen LogP contribution in [0, 0.1) is 0 Å². The molecule has 2 aromatic carbocycles. The highest BCUT2D eigenvalue weighted by atomic mass is 16.3. The number of phenols is 2. The number of nitrogens with zero attached hydrogens (tertiary/aromatic N) is 2. The molecule has 0 aliphatic carbocycles. The average molecular weight is 364 g/mol. The molecule has 0 atom stereocenters. The van der Waals surface area contributed by atoms with Crippen molar-refractivity contribution in [1.29, 1.82) is 0 Å². The summed E-state index contributed by atoms with van der Waals surface area (Å²) in [7, 11) is 0. The summed E-state index contributed by atoms with van der Waals surface area (Å²) in [5.74, 6) is 0.517. The molecular formula is C23H28N2O2. The van der Waals surface area contributed by atoms with Crippen molar-refractivity contribution in [3.8, 4) is 34.0 Å². The highest BCUT2D eigenvalue weighted by molar-refractivity contribution is 5.69. The van der Waals surface area contributed by atoms with Crippen molar-refractivity contribution >= 4 is 0 Å². The Kier molecular flexibility index (Phi) is 6.53. The van der Waals surface area contributed by atoms with E-state index >= 15 is 0 Å². The number of rotatable bonds is 9. The number of hydrogen-bond acceptors (Lipinski definition) is 3. The van der Waals surface area contributed by atoms with Gasteiger partial charge in [-0.1, -0.05) is 39.0 Å². The quantitative estimate of drug-likeness (QED) is 0.459. The van der Waals surface area contributed by atoms with Crippen LogP contribution in [0.4, 0.5) is 0 Å². The fourth-order valence-corrected chi connectivity index (χ4v) is 3.27. The second kappa shape index (κ2) is 9.26. The lowest BCUT2D eigenvalue weighted by molar-refractivity contribution is 0.475. The molecule has 3 rings (SSSR count). The molecule has 0 aliphatic heterocycles. The van der Waals surface area contributed by atoms with Gasteiger partial charge < -0.3 is 10.2 Å². The number of benzene rings is 2. The van der Waals surface area contributed by atoms with Gasteiger partial charge in [-0.2, -0.15) is 5.10 Å². The molecule has 2 N–H and O–H groups in total. The minimum absolute atomic E-state index is 0.254. The summed E-state index contributed by atoms with van der Waals surface area (Å²) in [6, 6.07) is 16.5. The zero-order chi connectivity index (χ0) is 19.1. The molecule has 0 bridgehead atoms. The van der Waals surface area contributed by atoms with Crippen LogP contribution in [0.3, 0.4) is 0 Å². The van der Waals surface area contributed by atoms with Crippen molar-refractivity contribution in [3.05, 3.63) is 54.6 Å². The normalized spacial score (nSPS) is 11.0. The summed E-state index contributed by atoms with van der Waals surface area (Å²) in [5, 5.41) is 23.9. The van der Waals surface area contributed by atoms with E-state index in [4.69, 9.17) is 5.10 Å². The van der Waals surface area contributed by atoms with Gasteiger partial charge in [0.15, 0.2) is 0 Å². The number of phenolic OH excluding ortho intramolecular Hbond substituents is 2. The molecule has 3 aromatic rings. The second-order valence-corrected chi connectivity index (χ2v) is 7.00. The Hall–Kier alpha value is -2.75. The van der Waals surface area contributed by atoms with Gasteiger partial charge >= 0.3 is 0 Å². The Bertz CT molecular complexity index is 836. The predicted octanol–water partition coefficient (Wildman–Crippen LogP) is 5.99. The van der Waals surface area contributed by atoms with E-state index in [1.165, 1.54) is 32.1 Å². The van der Waals surface area contributed by atoms with Crippen molar-refractivity contribution in [1.82, 2.24) is 9.78 Å². The molecule has 0 saturated carbocycles. The SMILES string of the molecule is CCCCCCCCn1nc(-c2ccc(O)cc2)cc1-c1ccc(O)cc1. The lowest BCUT2D eigenvalue weighted by Gasteiger charge is -2.08. The molecule has 4 heteroatoms. The lowest BCUT2D eigenvalue weighted by Crippen LogP contribution is -2.02. The zero-order valence-electron chi connectivity index (χ0n) is 15.9. The summed E-state index contributed by atoms with van der Waals surface area (Å²) in [5.41, 5.74) is 3.96. The predicted molar refractivity (Wildman–Crippen MR) is 110 cm³/mol. The molecule has 0 fully saturated rings. The van der Waals surface area contributed by atoms with Crippen LogP contribution in [0.1, 0.15) is 45.4 Å². The Balaban J connectivity index is 1.80. The minimum atomic E-state index is 0.254. The molecule has 1 heterocycles. The molecule has 0 unspecified atom stereocenters. The van der Waals surface area contributed by atoms with Gasteiger partial charge in [0, 0.05) is 17.7 Å². The summed E-state index contributed by atoms with van der Waals surface area (Å²) in [6.45, 7) is 3.11. The first-order chi connectivity index (χ1) is 13.2. The summed E-state index contributed by atoms with van der Waals surface area (Å²) < 4.78 is 2.06. The molecule has 0 spiro atoms. The zero-order valence-corrected chi connectivity index (χ0v) is 15.9. The van der Waals surface area contributed by atoms with Crippen molar-refractivity contribution in [2.24, 2.45) is 0 Å². The van der Waals surface area contributed by atoms with Gasteiger partial charge in [0.1, 0.15) is 11.5 Å². The van der Waals surface area contributed by atoms with E-state index in [9.17, 15) is 10.2 Å². The van der Waals surface area contributed by atoms with E-state index in [-0.39, 0.29) is 11.5 Å². The fourth-order valence-electron chi connectivity index (χ4n) is 3.27. The molecule has 0 saturated heterocycles. The first-order valence-electron chi connectivity index (χ1n) is 9.84. The van der Waals surface area contributed by atoms with E-state index in [0.29, 0.717) is 0 Å². The highest BCUT2D eigenvalue weighted by Crippen LogP contribution is 2.28. The maximum atomic E-state index is 9.58. The van der Waals surface area contributed by atoms with Crippen LogP contribution in [-0.4, -0.2) is 20.0 Å². The number of aryl methyl sites for hydroxylation is 1. The van der Waals surface area contributed by atoms with E-state index in [1.807, 2.05) is 24.3 Å². The van der Waals surface area contributed by atoms with Crippen molar-refractivity contribution in [2.75, 3.05) is 0 Å². The van der Waals surface area contributed by atoms with Gasteiger partial charge in [0.05, 0.1) is 11.4 Å². The first kappa shape index (κ1) is 19.0. The van der Waals surface area contributed by atoms with Gasteiger partial charge in [-0.3, -0.25) is 4.68 Å². The maximum absolute atomic E-state index is 9.58. The number of unbranched alkanes of at least 4 members (excludes halogenated alkanes) is 5. The number of aromatic nitrogens is 2. The highest BCUT2D eigenvalue weighted by Gasteiger charge is 2.12. The van der Waals surface area contributed by atoms with Crippen molar-refractivity contribution in [3.63, 3.8) is 0 Å². The largest absolute Gasteiger partial charge is 0.508 e. The second-order valence-electron chi connectivity index (χ2n) is 7.00. The molecule has 4 nitrogen and oxygen atoms in total. The Morgan fingerprint density at radius 3 is 1.93 bits per heavy atom. The third kappa shape index (κ3) is 5.13. The molecule has 142 valence electrons. The van der Waals surface area contributed by atoms with Gasteiger partial charge in [0.25, 0.3) is 0 Å². The van der Waals surface area contributed by atoms with Gasteiger partial charge in [0.2, 0.25) is 0 Å². The van der Waals surface area contributed by atoms with Crippen LogP contribution >= 0.6 is 0 Å². The third-order valence-corrected chi connectivity index (χ3v) is 4.83. The fraction of sp³-hybridized carbons (Fsp3) is 0.348. The summed E-state index contributed by atoms with van der Waals surface area (Å²) in [4.78, 5) is 0. The molecule has 0 radical (unpaired) electrons. The monoisotopic (exact) mass is 364 g/mol. The van der Waals surface area contributed by atoms with E-state index in [2.05, 4.69) is 17.7 Å². The molecule has 0 aliphatic rings. The van der Waals surface area contributed by atoms with Crippen molar-refractivity contribution in [2.45, 2.75) is 52.0 Å². The van der Waals surface area contributed by atoms with Crippen LogP contribution in [0.2, 0.25) is 0 Å². The van der Waals surface area contributed by atoms with E-state index < -0.39 is 0 Å². The molecular weight excluding hydrogens is 336 g/mol. The van der Waals surface area contributed by atoms with Crippen LogP contribution in [-0.2, 0) is 6.54 Å². The van der Waals surface area contributed by atoms with Crippen molar-refractivity contribution < 1.29 is 10.2 Å². The number of hydrogen-bond donors (Lipinski definition) is 2. The third-order valence-electron chi connectivity index (χ3n) is 4.83. The summed E-state index contributed by atoms with van der Waals surface area (Å²) in [6.07, 6.45) is 7.47. The van der Waals surface area contributed by atoms with Crippen LogP contribution in [0.15, 0.2) is 54.6 Å². The molecule has 1 aromatic heterocycles. The van der Waals surface area contributed by atoms with E-state index in [0.717, 1.165) is 35.5 Å². The Morgan fingerprint density at radius 2 is 1.30 bits per heavy atom. The van der Waals surface area contributed by atoms with Crippen LogP contribution < -0.4 is 0 Å². The topological polar surface area (TPSA) is 58.3 Å². The van der Waals surface area contributed by atoms with Gasteiger partial charge in [-0.15, -0.1) is 0 Å². The Morgan fingerprint density at radius 1 is 0.741 bits per heavy atom. The van der Waals surface area contributed by atoms with Gasteiger partial charge in [-0.25, -0.2) is 0 Å². The first-order valence-corrected chi connectivity index (χ1v) is 9.84. The smallest absolute Gasteiger partial charge is 0.115 e. The molecule has 27 heavy (non-hydrogen) atoms. The standard InChI is InChI=1S/C23H28N2O2/c1-2-3-4-5-6-7-16-25-23(19-10-14-21(27)15-11-19)17-22(24-25)18-8-12-20(26)13-9-18/h8-15,17,26-27H,2-7,16H2,1H3. The lowest BCUT2D eigenvalue weighted by atomic mass is 10.1. The minimum Gasteiger partial charge on any atom is -0.508 e. The molecule has 0 amide bonds. The maximum Gasteiger partial charge on any atom is 0.115 e. The summed E-state index contributed by atoms with van der Waals surface area (Å²) >= 11 is 0. The van der Waals surface area contributed by atoms with Crippen LogP contribution in [0.5, 0.6) is 11.5 Å². The van der Waals surface area contributed by atoms with Gasteiger partial charge in [-0.05, 0) is 61.0 Å². The number of aromatic hydroxyl groups is 2. The Labute approximate surface area is 161 Å². The van der Waals surface area contributed by atoms with E-state index in [1.54, 1.807) is 24.3 Å². The van der Waals surface area contributed by atoms with Crippen LogP contribution in [0.25, 0.3) is 22.5 Å². The average Bonchev–Trinajstić information content (AvgIpc) is 3.10.